The number of hydrogen-bond acceptors (Lipinski definition) is 10. The summed E-state index contributed by atoms with van der Waals surface area (Å²) in [5, 5.41) is 6.79. The van der Waals surface area contributed by atoms with Crippen LogP contribution in [0.3, 0.4) is 0 Å². The van der Waals surface area contributed by atoms with Crippen LogP contribution in [0.5, 0.6) is 11.5 Å². The van der Waals surface area contributed by atoms with Gasteiger partial charge in [0.1, 0.15) is 0 Å². The molecule has 19 heteroatoms. The van der Waals surface area contributed by atoms with Crippen molar-refractivity contribution in [3.05, 3.63) is 113 Å². The van der Waals surface area contributed by atoms with E-state index < -0.39 is 11.7 Å². The first-order valence-corrected chi connectivity index (χ1v) is 25.7. The van der Waals surface area contributed by atoms with Gasteiger partial charge in [0, 0.05) is 59.9 Å². The lowest BCUT2D eigenvalue weighted by molar-refractivity contribution is -0.137. The van der Waals surface area contributed by atoms with Gasteiger partial charge < -0.3 is 29.2 Å². The van der Waals surface area contributed by atoms with Gasteiger partial charge in [0.2, 0.25) is 0 Å². The molecule has 0 atom stereocenters. The number of rotatable bonds is 30. The van der Waals surface area contributed by atoms with Crippen molar-refractivity contribution in [2.75, 3.05) is 27.3 Å². The standard InChI is InChI=1S/C27H41N5O4.C26H36F3N5O2/c1-30-20-29-25-23(30)26(33)32(27(34)31(25)2)18-13-11-9-7-5-6-8-10-12-17-28-19-21-15-14-16-22(35-3)24(21)36-4;1-32-19-31-23-22(32)24(35)34(25(36)33(23)2)17-11-9-7-5-3-4-6-8-10-16-30-18-20-12-14-21(15-13-20)26(27,28)29/h14-16,20,28H,5-13,17-19H2,1-4H3;12-15,19,30H,3-11,16-18H2,1-2H3. The van der Waals surface area contributed by atoms with Crippen LogP contribution in [-0.4, -0.2) is 64.7 Å². The third-order valence-electron chi connectivity index (χ3n) is 13.3. The Morgan fingerprint density at radius 2 is 0.944 bits per heavy atom. The van der Waals surface area contributed by atoms with Crippen LogP contribution in [-0.2, 0) is 60.5 Å². The number of nitrogens with zero attached hydrogens (tertiary/aromatic N) is 8. The van der Waals surface area contributed by atoms with Crippen molar-refractivity contribution in [3.63, 3.8) is 0 Å². The van der Waals surface area contributed by atoms with Crippen molar-refractivity contribution < 1.29 is 22.6 Å². The summed E-state index contributed by atoms with van der Waals surface area (Å²) >= 11 is 0. The van der Waals surface area contributed by atoms with Gasteiger partial charge in [-0.15, -0.1) is 0 Å². The molecule has 2 N–H and O–H groups in total. The van der Waals surface area contributed by atoms with E-state index in [2.05, 4.69) is 26.7 Å². The van der Waals surface area contributed by atoms with Crippen LogP contribution < -0.4 is 42.6 Å². The van der Waals surface area contributed by atoms with Crippen molar-refractivity contribution in [1.82, 2.24) is 48.0 Å². The molecule has 0 aliphatic rings. The van der Waals surface area contributed by atoms with E-state index in [9.17, 15) is 32.3 Å². The van der Waals surface area contributed by atoms with Gasteiger partial charge in [-0.2, -0.15) is 13.2 Å². The second kappa shape index (κ2) is 28.9. The SMILES string of the molecule is COc1cccc(CNCCCCCCCCCCCn2c(=O)c3c(ncn3C)n(C)c2=O)c1OC.Cn1cnc2c1c(=O)n(CCCCCCCCCCCNCc1ccc(C(F)(F)F)cc1)c(=O)n2C. The van der Waals surface area contributed by atoms with E-state index in [0.29, 0.717) is 42.0 Å². The molecule has 0 radical (unpaired) electrons. The van der Waals surface area contributed by atoms with E-state index in [0.717, 1.165) is 125 Å². The van der Waals surface area contributed by atoms with Crippen molar-refractivity contribution in [1.29, 1.82) is 0 Å². The Morgan fingerprint density at radius 3 is 1.36 bits per heavy atom. The maximum absolute atomic E-state index is 12.7. The van der Waals surface area contributed by atoms with Crippen LogP contribution >= 0.6 is 0 Å². The highest BCUT2D eigenvalue weighted by atomic mass is 19.4. The molecule has 396 valence electrons. The summed E-state index contributed by atoms with van der Waals surface area (Å²) in [4.78, 5) is 58.7. The molecular weight excluding hydrogens is 930 g/mol. The first-order chi connectivity index (χ1) is 34.7. The van der Waals surface area contributed by atoms with Crippen LogP contribution in [0.2, 0.25) is 0 Å². The van der Waals surface area contributed by atoms with Crippen molar-refractivity contribution in [2.24, 2.45) is 28.2 Å². The van der Waals surface area contributed by atoms with E-state index in [1.165, 1.54) is 75.3 Å². The average molecular weight is 1010 g/mol. The lowest BCUT2D eigenvalue weighted by atomic mass is 10.1. The fourth-order valence-corrected chi connectivity index (χ4v) is 9.06. The molecule has 72 heavy (non-hydrogen) atoms. The Labute approximate surface area is 420 Å². The Balaban J connectivity index is 0.000000267. The number of ether oxygens (including phenoxy) is 2. The number of fused-ring (bicyclic) bond motifs is 2. The molecule has 0 saturated carbocycles. The summed E-state index contributed by atoms with van der Waals surface area (Å²) in [7, 11) is 10.2. The number of methoxy groups -OCH3 is 2. The lowest BCUT2D eigenvalue weighted by Crippen LogP contribution is -2.39. The summed E-state index contributed by atoms with van der Waals surface area (Å²) < 4.78 is 57.5. The molecule has 6 rings (SSSR count). The molecule has 0 aliphatic carbocycles. The topological polar surface area (TPSA) is 166 Å². The van der Waals surface area contributed by atoms with Crippen LogP contribution in [0.1, 0.15) is 132 Å². The summed E-state index contributed by atoms with van der Waals surface area (Å²) in [5.41, 5.74) is 2.01. The molecule has 0 spiro atoms. The highest BCUT2D eigenvalue weighted by molar-refractivity contribution is 5.70. The maximum Gasteiger partial charge on any atom is 0.416 e. The van der Waals surface area contributed by atoms with Crippen LogP contribution in [0.15, 0.2) is 74.3 Å². The fourth-order valence-electron chi connectivity index (χ4n) is 9.06. The summed E-state index contributed by atoms with van der Waals surface area (Å²) in [6.45, 7) is 4.07. The van der Waals surface area contributed by atoms with Crippen molar-refractivity contribution >= 4 is 22.3 Å². The molecule has 0 fully saturated rings. The van der Waals surface area contributed by atoms with Gasteiger partial charge in [0.05, 0.1) is 32.4 Å². The predicted molar refractivity (Wildman–Crippen MR) is 278 cm³/mol. The number of unbranched alkanes of at least 4 members (excludes halogenated alkanes) is 16. The normalized spacial score (nSPS) is 11.7. The van der Waals surface area contributed by atoms with Crippen LogP contribution in [0.4, 0.5) is 13.2 Å². The van der Waals surface area contributed by atoms with Crippen LogP contribution in [0, 0.1) is 0 Å². The molecule has 0 amide bonds. The van der Waals surface area contributed by atoms with Crippen LogP contribution in [0.25, 0.3) is 22.3 Å². The zero-order valence-electron chi connectivity index (χ0n) is 43.3. The number of para-hydroxylation sites is 1. The van der Waals surface area contributed by atoms with E-state index in [4.69, 9.17) is 9.47 Å². The Bertz CT molecular complexity index is 2840. The number of nitrogens with one attached hydrogen (secondary N) is 2. The second-order valence-electron chi connectivity index (χ2n) is 18.7. The van der Waals surface area contributed by atoms with Crippen molar-refractivity contribution in [3.8, 4) is 11.5 Å². The first kappa shape index (κ1) is 57.0. The number of hydrogen-bond donors (Lipinski definition) is 2. The third-order valence-corrected chi connectivity index (χ3v) is 13.3. The van der Waals surface area contributed by atoms with Crippen molar-refractivity contribution in [2.45, 2.75) is 148 Å². The largest absolute Gasteiger partial charge is 0.493 e. The summed E-state index contributed by atoms with van der Waals surface area (Å²) in [6.07, 6.45) is 18.8. The molecule has 6 aromatic rings. The molecule has 16 nitrogen and oxygen atoms in total. The number of benzene rings is 2. The second-order valence-corrected chi connectivity index (χ2v) is 18.7. The lowest BCUT2D eigenvalue weighted by Gasteiger charge is -2.13. The Hall–Kier alpha value is -5.95. The molecular formula is C53H77F3N10O6. The number of aryl methyl sites for hydroxylation is 4. The highest BCUT2D eigenvalue weighted by Crippen LogP contribution is 2.31. The predicted octanol–water partition coefficient (Wildman–Crippen LogP) is 8.50. The number of imidazole rings is 2. The summed E-state index contributed by atoms with van der Waals surface area (Å²) in [6, 6.07) is 11.2. The molecule has 0 aliphatic heterocycles. The minimum absolute atomic E-state index is 0.245. The highest BCUT2D eigenvalue weighted by Gasteiger charge is 2.30. The minimum Gasteiger partial charge on any atom is -0.493 e. The zero-order chi connectivity index (χ0) is 52.0. The zero-order valence-corrected chi connectivity index (χ0v) is 43.3. The van der Waals surface area contributed by atoms with Gasteiger partial charge in [0.25, 0.3) is 11.1 Å². The van der Waals surface area contributed by atoms with Gasteiger partial charge in [-0.05, 0) is 62.5 Å². The Kier molecular flexibility index (Phi) is 22.9. The molecule has 4 heterocycles. The van der Waals surface area contributed by atoms with Gasteiger partial charge in [-0.3, -0.25) is 27.9 Å². The molecule has 0 bridgehead atoms. The van der Waals surface area contributed by atoms with E-state index >= 15 is 0 Å². The van der Waals surface area contributed by atoms with E-state index in [-0.39, 0.29) is 22.5 Å². The first-order valence-electron chi connectivity index (χ1n) is 25.7. The molecule has 0 saturated heterocycles. The fraction of sp³-hybridized carbons (Fsp3) is 0.585. The maximum atomic E-state index is 12.7. The average Bonchev–Trinajstić information content (AvgIpc) is 3.96. The monoisotopic (exact) mass is 1010 g/mol. The molecule has 2 aromatic carbocycles. The van der Waals surface area contributed by atoms with Gasteiger partial charge in [-0.25, -0.2) is 19.6 Å². The van der Waals surface area contributed by atoms with Gasteiger partial charge >= 0.3 is 17.6 Å². The Morgan fingerprint density at radius 1 is 0.528 bits per heavy atom. The number of halogens is 3. The third kappa shape index (κ3) is 16.0. The number of aromatic nitrogens is 8. The van der Waals surface area contributed by atoms with E-state index in [1.807, 2.05) is 12.1 Å². The van der Waals surface area contributed by atoms with Gasteiger partial charge in [-0.1, -0.05) is 114 Å². The smallest absolute Gasteiger partial charge is 0.416 e. The van der Waals surface area contributed by atoms with Gasteiger partial charge in [0.15, 0.2) is 33.8 Å². The molecule has 4 aromatic heterocycles. The minimum atomic E-state index is -4.29. The quantitative estimate of drug-likeness (QED) is 0.0418. The number of alkyl halides is 3. The van der Waals surface area contributed by atoms with E-state index in [1.54, 1.807) is 64.2 Å². The summed E-state index contributed by atoms with van der Waals surface area (Å²) in [5.74, 6) is 1.57. The molecule has 0 unspecified atom stereocenters.